The lowest BCUT2D eigenvalue weighted by atomic mass is 9.93. The summed E-state index contributed by atoms with van der Waals surface area (Å²) in [5, 5.41) is 19.3. The molecule has 0 fully saturated rings. The molecule has 0 bridgehead atoms. The maximum Gasteiger partial charge on any atom is 0.153 e. The smallest absolute Gasteiger partial charge is 0.153 e. The number of hydrogen-bond acceptors (Lipinski definition) is 3. The van der Waals surface area contributed by atoms with Crippen LogP contribution in [0.5, 0.6) is 11.5 Å². The zero-order valence-electron chi connectivity index (χ0n) is 7.53. The first kappa shape index (κ1) is 8.81. The molecule has 1 aromatic carbocycles. The standard InChI is InChI=1S/C11H10O3/c12-6-7-5-10(13)8-3-1-2-4-9(8)11(7)14/h1-2,5-6,13-14H,3-4H2. The van der Waals surface area contributed by atoms with Gasteiger partial charge in [0.15, 0.2) is 6.29 Å². The van der Waals surface area contributed by atoms with Crippen molar-refractivity contribution >= 4 is 6.29 Å². The van der Waals surface area contributed by atoms with Gasteiger partial charge in [0.1, 0.15) is 11.5 Å². The Bertz CT molecular complexity index is 419. The molecule has 0 aromatic heterocycles. The molecule has 0 saturated carbocycles. The lowest BCUT2D eigenvalue weighted by molar-refractivity contribution is 0.112. The largest absolute Gasteiger partial charge is 0.508 e. The molecule has 0 spiro atoms. The van der Waals surface area contributed by atoms with Gasteiger partial charge >= 0.3 is 0 Å². The Morgan fingerprint density at radius 3 is 2.43 bits per heavy atom. The maximum absolute atomic E-state index is 10.6. The Morgan fingerprint density at radius 2 is 1.79 bits per heavy atom. The van der Waals surface area contributed by atoms with Crippen molar-refractivity contribution in [3.05, 3.63) is 34.9 Å². The van der Waals surface area contributed by atoms with Crippen LogP contribution in [0.25, 0.3) is 0 Å². The highest BCUT2D eigenvalue weighted by atomic mass is 16.3. The molecule has 1 aromatic rings. The molecular formula is C11H10O3. The highest BCUT2D eigenvalue weighted by Crippen LogP contribution is 2.35. The molecule has 2 N–H and O–H groups in total. The number of rotatable bonds is 1. The number of carbonyl (C=O) groups is 1. The van der Waals surface area contributed by atoms with E-state index in [1.165, 1.54) is 6.07 Å². The van der Waals surface area contributed by atoms with Crippen molar-refractivity contribution in [3.63, 3.8) is 0 Å². The third-order valence-corrected chi connectivity index (χ3v) is 2.46. The van der Waals surface area contributed by atoms with Crippen molar-refractivity contribution in [2.75, 3.05) is 0 Å². The van der Waals surface area contributed by atoms with Gasteiger partial charge < -0.3 is 10.2 Å². The van der Waals surface area contributed by atoms with Gasteiger partial charge in [-0.25, -0.2) is 0 Å². The van der Waals surface area contributed by atoms with E-state index < -0.39 is 0 Å². The quantitative estimate of drug-likeness (QED) is 0.401. The van der Waals surface area contributed by atoms with E-state index in [-0.39, 0.29) is 17.1 Å². The SMILES string of the molecule is O=Cc1cc(O)c2c(c1O)CC=CC2. The average molecular weight is 190 g/mol. The minimum absolute atomic E-state index is 0.00264. The summed E-state index contributed by atoms with van der Waals surface area (Å²) in [4.78, 5) is 10.6. The number of aldehydes is 1. The number of allylic oxidation sites excluding steroid dienone is 2. The van der Waals surface area contributed by atoms with E-state index in [1.807, 2.05) is 12.2 Å². The van der Waals surface area contributed by atoms with Gasteiger partial charge in [0.2, 0.25) is 0 Å². The molecule has 3 nitrogen and oxygen atoms in total. The first-order valence-corrected chi connectivity index (χ1v) is 4.41. The number of hydrogen-bond donors (Lipinski definition) is 2. The highest BCUT2D eigenvalue weighted by Gasteiger charge is 2.17. The van der Waals surface area contributed by atoms with Crippen LogP contribution in [-0.2, 0) is 12.8 Å². The van der Waals surface area contributed by atoms with Crippen molar-refractivity contribution in [2.45, 2.75) is 12.8 Å². The summed E-state index contributed by atoms with van der Waals surface area (Å²) in [5.74, 6) is 0.0846. The first-order chi connectivity index (χ1) is 6.74. The predicted octanol–water partition coefficient (Wildman–Crippen LogP) is 1.57. The molecule has 14 heavy (non-hydrogen) atoms. The van der Waals surface area contributed by atoms with E-state index in [0.717, 1.165) is 5.56 Å². The summed E-state index contributed by atoms with van der Waals surface area (Å²) in [6.45, 7) is 0. The van der Waals surface area contributed by atoms with Crippen LogP contribution >= 0.6 is 0 Å². The highest BCUT2D eigenvalue weighted by molar-refractivity contribution is 5.82. The van der Waals surface area contributed by atoms with Gasteiger partial charge in [-0.3, -0.25) is 4.79 Å². The molecule has 72 valence electrons. The third kappa shape index (κ3) is 1.18. The second-order valence-corrected chi connectivity index (χ2v) is 3.29. The molecule has 1 aliphatic carbocycles. The molecule has 0 heterocycles. The maximum atomic E-state index is 10.6. The van der Waals surface area contributed by atoms with Crippen LogP contribution in [0.15, 0.2) is 18.2 Å². The molecule has 0 unspecified atom stereocenters. The molecule has 0 amide bonds. The van der Waals surface area contributed by atoms with Crippen LogP contribution in [0.4, 0.5) is 0 Å². The fourth-order valence-corrected chi connectivity index (χ4v) is 1.71. The minimum atomic E-state index is -0.00264. The summed E-state index contributed by atoms with van der Waals surface area (Å²) in [6, 6.07) is 1.31. The summed E-state index contributed by atoms with van der Waals surface area (Å²) in [6.07, 6.45) is 5.57. The molecule has 0 saturated heterocycles. The van der Waals surface area contributed by atoms with Crippen molar-refractivity contribution in [1.29, 1.82) is 0 Å². The van der Waals surface area contributed by atoms with E-state index >= 15 is 0 Å². The molecular weight excluding hydrogens is 180 g/mol. The number of benzene rings is 1. The summed E-state index contributed by atoms with van der Waals surface area (Å²) in [5.41, 5.74) is 1.53. The Labute approximate surface area is 81.3 Å². The molecule has 1 aliphatic rings. The molecule has 0 atom stereocenters. The summed E-state index contributed by atoms with van der Waals surface area (Å²) < 4.78 is 0. The molecule has 0 aliphatic heterocycles. The Morgan fingerprint density at radius 1 is 1.14 bits per heavy atom. The second-order valence-electron chi connectivity index (χ2n) is 3.29. The van der Waals surface area contributed by atoms with Gasteiger partial charge in [-0.2, -0.15) is 0 Å². The van der Waals surface area contributed by atoms with Crippen molar-refractivity contribution in [3.8, 4) is 11.5 Å². The predicted molar refractivity (Wildman–Crippen MR) is 51.7 cm³/mol. The van der Waals surface area contributed by atoms with Crippen LogP contribution in [-0.4, -0.2) is 16.5 Å². The van der Waals surface area contributed by atoms with Crippen LogP contribution < -0.4 is 0 Å². The fourth-order valence-electron chi connectivity index (χ4n) is 1.71. The average Bonchev–Trinajstić information content (AvgIpc) is 2.23. The van der Waals surface area contributed by atoms with E-state index in [4.69, 9.17) is 0 Å². The van der Waals surface area contributed by atoms with Crippen molar-refractivity contribution in [1.82, 2.24) is 0 Å². The number of aromatic hydroxyl groups is 2. The summed E-state index contributed by atoms with van der Waals surface area (Å²) >= 11 is 0. The van der Waals surface area contributed by atoms with Crippen molar-refractivity contribution in [2.24, 2.45) is 0 Å². The van der Waals surface area contributed by atoms with E-state index in [1.54, 1.807) is 0 Å². The first-order valence-electron chi connectivity index (χ1n) is 4.41. The van der Waals surface area contributed by atoms with E-state index in [0.29, 0.717) is 24.7 Å². The van der Waals surface area contributed by atoms with Crippen molar-refractivity contribution < 1.29 is 15.0 Å². The second kappa shape index (κ2) is 3.18. The van der Waals surface area contributed by atoms with Crippen LogP contribution in [0.2, 0.25) is 0 Å². The van der Waals surface area contributed by atoms with Gasteiger partial charge in [0.05, 0.1) is 5.56 Å². The third-order valence-electron chi connectivity index (χ3n) is 2.46. The van der Waals surface area contributed by atoms with Gasteiger partial charge in [0, 0.05) is 11.1 Å². The van der Waals surface area contributed by atoms with Gasteiger partial charge in [-0.1, -0.05) is 12.2 Å². The zero-order chi connectivity index (χ0) is 10.1. The monoisotopic (exact) mass is 190 g/mol. The van der Waals surface area contributed by atoms with Gasteiger partial charge in [0.25, 0.3) is 0 Å². The molecule has 3 heteroatoms. The number of phenolic OH excluding ortho intramolecular Hbond substituents is 2. The molecule has 2 rings (SSSR count). The Kier molecular flexibility index (Phi) is 2.00. The summed E-state index contributed by atoms with van der Waals surface area (Å²) in [7, 11) is 0. The Hall–Kier alpha value is -1.77. The van der Waals surface area contributed by atoms with Gasteiger partial charge in [-0.15, -0.1) is 0 Å². The normalized spacial score (nSPS) is 13.7. The fraction of sp³-hybridized carbons (Fsp3) is 0.182. The lowest BCUT2D eigenvalue weighted by Gasteiger charge is -2.15. The lowest BCUT2D eigenvalue weighted by Crippen LogP contribution is -2.00. The van der Waals surface area contributed by atoms with Crippen LogP contribution in [0.1, 0.15) is 21.5 Å². The van der Waals surface area contributed by atoms with Crippen LogP contribution in [0, 0.1) is 0 Å². The minimum Gasteiger partial charge on any atom is -0.508 e. The number of fused-ring (bicyclic) bond motifs is 1. The van der Waals surface area contributed by atoms with E-state index in [2.05, 4.69) is 0 Å². The number of phenols is 2. The zero-order valence-corrected chi connectivity index (χ0v) is 7.53. The van der Waals surface area contributed by atoms with E-state index in [9.17, 15) is 15.0 Å². The number of carbonyl (C=O) groups excluding carboxylic acids is 1. The van der Waals surface area contributed by atoms with Crippen LogP contribution in [0.3, 0.4) is 0 Å². The van der Waals surface area contributed by atoms with Gasteiger partial charge in [-0.05, 0) is 18.9 Å². The topological polar surface area (TPSA) is 57.5 Å². The Balaban J connectivity index is 2.67. The molecule has 0 radical (unpaired) electrons.